The predicted molar refractivity (Wildman–Crippen MR) is 87.3 cm³/mol. The van der Waals surface area contributed by atoms with Crippen LogP contribution in [0.15, 0.2) is 40.6 Å². The van der Waals surface area contributed by atoms with E-state index in [1.807, 2.05) is 12.2 Å². The van der Waals surface area contributed by atoms with Gasteiger partial charge in [0.25, 0.3) is 0 Å². The van der Waals surface area contributed by atoms with Crippen molar-refractivity contribution in [2.45, 2.75) is 32.6 Å². The van der Waals surface area contributed by atoms with E-state index in [0.29, 0.717) is 12.1 Å². The van der Waals surface area contributed by atoms with Gasteiger partial charge in [0.1, 0.15) is 0 Å². The number of alkyl halides is 1. The zero-order valence-electron chi connectivity index (χ0n) is 12.1. The Morgan fingerprint density at radius 3 is 2.95 bits per heavy atom. The van der Waals surface area contributed by atoms with Crippen molar-refractivity contribution in [1.82, 2.24) is 5.32 Å². The molecule has 1 N–H and O–H groups in total. The highest BCUT2D eigenvalue weighted by atomic mass is 79.9. The molecule has 1 heterocycles. The van der Waals surface area contributed by atoms with Gasteiger partial charge in [-0.2, -0.15) is 0 Å². The molecular formula is C16H19BrN2O2. The lowest BCUT2D eigenvalue weighted by Crippen LogP contribution is -2.33. The summed E-state index contributed by atoms with van der Waals surface area (Å²) in [5.41, 5.74) is 2.55. The van der Waals surface area contributed by atoms with Gasteiger partial charge in [0.05, 0.1) is 5.71 Å². The third-order valence-corrected chi connectivity index (χ3v) is 3.96. The summed E-state index contributed by atoms with van der Waals surface area (Å²) in [6, 6.07) is 0. The number of hydrogen-bond donors (Lipinski definition) is 1. The van der Waals surface area contributed by atoms with Crippen LogP contribution in [0, 0.1) is 5.92 Å². The largest absolute Gasteiger partial charge is 0.325 e. The molecular weight excluding hydrogens is 332 g/mol. The zero-order chi connectivity index (χ0) is 15.2. The second-order valence-corrected chi connectivity index (χ2v) is 5.91. The molecule has 4 nitrogen and oxygen atoms in total. The Bertz CT molecular complexity index is 559. The van der Waals surface area contributed by atoms with E-state index in [4.69, 9.17) is 0 Å². The average Bonchev–Trinajstić information content (AvgIpc) is 2.45. The molecule has 0 saturated heterocycles. The van der Waals surface area contributed by atoms with Crippen molar-refractivity contribution in [2.24, 2.45) is 10.9 Å². The minimum absolute atomic E-state index is 0.0961. The summed E-state index contributed by atoms with van der Waals surface area (Å²) >= 11 is 3.30. The molecule has 2 aliphatic rings. The first-order valence-corrected chi connectivity index (χ1v) is 8.35. The Morgan fingerprint density at radius 1 is 1.43 bits per heavy atom. The number of nitrogens with one attached hydrogen (secondary N) is 1. The van der Waals surface area contributed by atoms with Gasteiger partial charge in [-0.25, -0.2) is 4.99 Å². The SMILES string of the molecule is CCCC1=CC(=O)NC2=CC(=NC(=O)CCCBr)C=CC12. The predicted octanol–water partition coefficient (Wildman–Crippen LogP) is 3.06. The Kier molecular flexibility index (Phi) is 5.67. The summed E-state index contributed by atoms with van der Waals surface area (Å²) in [7, 11) is 0. The number of fused-ring (bicyclic) bond motifs is 1. The first kappa shape index (κ1) is 15.9. The van der Waals surface area contributed by atoms with Gasteiger partial charge in [-0.3, -0.25) is 9.59 Å². The van der Waals surface area contributed by atoms with E-state index >= 15 is 0 Å². The monoisotopic (exact) mass is 350 g/mol. The molecule has 0 aromatic carbocycles. The highest BCUT2D eigenvalue weighted by Crippen LogP contribution is 2.29. The van der Waals surface area contributed by atoms with E-state index < -0.39 is 0 Å². The van der Waals surface area contributed by atoms with Crippen LogP contribution in [-0.2, 0) is 9.59 Å². The number of carbonyl (C=O) groups is 2. The number of nitrogens with zero attached hydrogens (tertiary/aromatic N) is 1. The van der Waals surface area contributed by atoms with Crippen LogP contribution in [0.2, 0.25) is 0 Å². The molecule has 2 amide bonds. The van der Waals surface area contributed by atoms with Crippen molar-refractivity contribution in [3.8, 4) is 0 Å². The summed E-state index contributed by atoms with van der Waals surface area (Å²) < 4.78 is 0. The van der Waals surface area contributed by atoms with Crippen LogP contribution in [0.1, 0.15) is 32.6 Å². The Hall–Kier alpha value is -1.49. The topological polar surface area (TPSA) is 58.5 Å². The Morgan fingerprint density at radius 2 is 2.24 bits per heavy atom. The van der Waals surface area contributed by atoms with Crippen LogP contribution in [0.5, 0.6) is 0 Å². The summed E-state index contributed by atoms with van der Waals surface area (Å²) in [6.45, 7) is 2.10. The maximum atomic E-state index is 11.7. The van der Waals surface area contributed by atoms with E-state index in [2.05, 4.69) is 33.2 Å². The van der Waals surface area contributed by atoms with Gasteiger partial charge in [0, 0.05) is 29.4 Å². The number of amides is 2. The second kappa shape index (κ2) is 7.50. The fourth-order valence-electron chi connectivity index (χ4n) is 2.47. The third kappa shape index (κ3) is 4.24. The number of halogens is 1. The molecule has 0 spiro atoms. The Labute approximate surface area is 133 Å². The van der Waals surface area contributed by atoms with E-state index in [1.54, 1.807) is 12.2 Å². The van der Waals surface area contributed by atoms with E-state index in [0.717, 1.165) is 35.9 Å². The lowest BCUT2D eigenvalue weighted by molar-refractivity contribution is -0.118. The van der Waals surface area contributed by atoms with Gasteiger partial charge in [0.15, 0.2) is 0 Å². The van der Waals surface area contributed by atoms with Crippen LogP contribution >= 0.6 is 15.9 Å². The minimum atomic E-state index is -0.129. The third-order valence-electron chi connectivity index (χ3n) is 3.40. The fourth-order valence-corrected chi connectivity index (χ4v) is 2.75. The first-order chi connectivity index (χ1) is 10.1. The molecule has 0 aromatic rings. The average molecular weight is 351 g/mol. The molecule has 0 radical (unpaired) electrons. The molecule has 0 aromatic heterocycles. The van der Waals surface area contributed by atoms with Crippen LogP contribution in [0.3, 0.4) is 0 Å². The van der Waals surface area contributed by atoms with Crippen molar-refractivity contribution in [1.29, 1.82) is 0 Å². The first-order valence-electron chi connectivity index (χ1n) is 7.22. The number of rotatable bonds is 5. The van der Waals surface area contributed by atoms with Gasteiger partial charge >= 0.3 is 0 Å². The van der Waals surface area contributed by atoms with Gasteiger partial charge in [-0.1, -0.05) is 40.9 Å². The van der Waals surface area contributed by atoms with Gasteiger partial charge in [0.2, 0.25) is 11.8 Å². The van der Waals surface area contributed by atoms with Crippen LogP contribution in [0.4, 0.5) is 0 Å². The maximum Gasteiger partial charge on any atom is 0.248 e. The smallest absolute Gasteiger partial charge is 0.248 e. The molecule has 112 valence electrons. The lowest BCUT2D eigenvalue weighted by Gasteiger charge is -2.27. The molecule has 0 bridgehead atoms. The second-order valence-electron chi connectivity index (χ2n) is 5.12. The highest BCUT2D eigenvalue weighted by molar-refractivity contribution is 9.09. The van der Waals surface area contributed by atoms with Crippen LogP contribution in [0.25, 0.3) is 0 Å². The normalized spacial score (nSPS) is 22.5. The molecule has 0 saturated carbocycles. The van der Waals surface area contributed by atoms with Crippen molar-refractivity contribution >= 4 is 33.5 Å². The lowest BCUT2D eigenvalue weighted by atomic mass is 9.85. The summed E-state index contributed by atoms with van der Waals surface area (Å²) in [5.74, 6) is -0.115. The Balaban J connectivity index is 2.15. The number of aliphatic imine (C=N–C) groups is 1. The molecule has 1 aliphatic heterocycles. The number of carbonyl (C=O) groups excluding carboxylic acids is 2. The summed E-state index contributed by atoms with van der Waals surface area (Å²) in [6.07, 6.45) is 10.5. The van der Waals surface area contributed by atoms with Crippen molar-refractivity contribution < 1.29 is 9.59 Å². The molecule has 1 aliphatic carbocycles. The molecule has 1 unspecified atom stereocenters. The van der Waals surface area contributed by atoms with E-state index in [9.17, 15) is 9.59 Å². The molecule has 1 atom stereocenters. The summed E-state index contributed by atoms with van der Waals surface area (Å²) in [4.78, 5) is 27.5. The molecule has 21 heavy (non-hydrogen) atoms. The summed E-state index contributed by atoms with van der Waals surface area (Å²) in [5, 5.41) is 3.64. The van der Waals surface area contributed by atoms with Gasteiger partial charge in [-0.05, 0) is 25.0 Å². The minimum Gasteiger partial charge on any atom is -0.325 e. The fraction of sp³-hybridized carbons (Fsp3) is 0.438. The maximum absolute atomic E-state index is 11.7. The zero-order valence-corrected chi connectivity index (χ0v) is 13.6. The quantitative estimate of drug-likeness (QED) is 0.774. The van der Waals surface area contributed by atoms with E-state index in [-0.39, 0.29) is 17.7 Å². The van der Waals surface area contributed by atoms with Crippen molar-refractivity contribution in [3.63, 3.8) is 0 Å². The number of hydrogen-bond acceptors (Lipinski definition) is 2. The highest BCUT2D eigenvalue weighted by Gasteiger charge is 2.25. The number of allylic oxidation sites excluding steroid dienone is 3. The van der Waals surface area contributed by atoms with E-state index in [1.165, 1.54) is 0 Å². The van der Waals surface area contributed by atoms with Crippen molar-refractivity contribution in [2.75, 3.05) is 5.33 Å². The molecule has 2 rings (SSSR count). The standard InChI is InChI=1S/C16H19BrN2O2/c1-2-4-11-9-16(21)19-14-10-12(6-7-13(11)14)18-15(20)5-3-8-17/h6-7,9-10,13H,2-5,8H2,1H3,(H,19,21). The molecule has 0 fully saturated rings. The van der Waals surface area contributed by atoms with Crippen LogP contribution < -0.4 is 5.32 Å². The van der Waals surface area contributed by atoms with Gasteiger partial charge < -0.3 is 5.32 Å². The molecule has 5 heteroatoms. The van der Waals surface area contributed by atoms with Crippen LogP contribution in [-0.4, -0.2) is 22.9 Å². The van der Waals surface area contributed by atoms with Gasteiger partial charge in [-0.15, -0.1) is 0 Å². The van der Waals surface area contributed by atoms with Crippen molar-refractivity contribution in [3.05, 3.63) is 35.6 Å².